The number of nitrogens with zero attached hydrogens (tertiary/aromatic N) is 4. The topological polar surface area (TPSA) is 238 Å². The lowest BCUT2D eigenvalue weighted by Gasteiger charge is -2.44. The molecule has 438 valence electrons. The first-order chi connectivity index (χ1) is 38.6. The Morgan fingerprint density at radius 1 is 0.878 bits per heavy atom. The molecule has 0 spiro atoms. The predicted molar refractivity (Wildman–Crippen MR) is 299 cm³/mol. The number of carbonyl (C=O) groups excluding carboxylic acids is 6. The predicted octanol–water partition coefficient (Wildman–Crippen LogP) is 6.89. The van der Waals surface area contributed by atoms with E-state index >= 15 is 4.39 Å². The number of aromatic nitrogens is 2. The number of aliphatic hydroxyl groups excluding tert-OH is 1. The molecule has 5 aromatic rings. The number of anilines is 2. The van der Waals surface area contributed by atoms with Crippen molar-refractivity contribution in [2.75, 3.05) is 50.0 Å². The van der Waals surface area contributed by atoms with Gasteiger partial charge in [-0.1, -0.05) is 51.1 Å². The Kier molecular flexibility index (Phi) is 18.1. The summed E-state index contributed by atoms with van der Waals surface area (Å²) < 4.78 is 72.7. The van der Waals surface area contributed by atoms with Gasteiger partial charge in [0, 0.05) is 74.6 Å². The van der Waals surface area contributed by atoms with Gasteiger partial charge < -0.3 is 46.5 Å². The lowest BCUT2D eigenvalue weighted by molar-refractivity contribution is -0.145. The third-order valence-electron chi connectivity index (χ3n) is 15.3. The van der Waals surface area contributed by atoms with E-state index in [9.17, 15) is 56.2 Å². The summed E-state index contributed by atoms with van der Waals surface area (Å²) in [6.07, 6.45) is -5.54. The Hall–Kier alpha value is -7.57. The number of carbonyl (C=O) groups is 6. The average Bonchev–Trinajstić information content (AvgIpc) is 3.90. The van der Waals surface area contributed by atoms with Gasteiger partial charge in [0.15, 0.2) is 5.67 Å². The highest BCUT2D eigenvalue weighted by Gasteiger charge is 2.53. The molecular weight excluding hydrogens is 1090 g/mol. The number of aromatic amines is 1. The van der Waals surface area contributed by atoms with Crippen LogP contribution in [-0.4, -0.2) is 136 Å². The summed E-state index contributed by atoms with van der Waals surface area (Å²) in [4.78, 5) is 107. The highest BCUT2D eigenvalue weighted by atomic mass is 32.1. The number of aliphatic hydroxyl groups is 1. The van der Waals surface area contributed by atoms with Gasteiger partial charge in [-0.25, -0.2) is 13.8 Å². The van der Waals surface area contributed by atoms with Crippen LogP contribution in [0.15, 0.2) is 83.2 Å². The normalized spacial score (nSPS) is 19.7. The van der Waals surface area contributed by atoms with Gasteiger partial charge in [0.05, 0.1) is 57.1 Å². The van der Waals surface area contributed by atoms with Gasteiger partial charge in [0.1, 0.15) is 17.9 Å². The summed E-state index contributed by atoms with van der Waals surface area (Å²) in [5, 5.41) is 24.4. The van der Waals surface area contributed by atoms with Gasteiger partial charge in [-0.2, -0.15) is 13.2 Å². The second-order valence-corrected chi connectivity index (χ2v) is 23.4. The Labute approximate surface area is 474 Å². The maximum atomic E-state index is 15.8. The number of aryl methyl sites for hydroxylation is 1. The van der Waals surface area contributed by atoms with Crippen LogP contribution in [0.4, 0.5) is 33.3 Å². The highest BCUT2D eigenvalue weighted by molar-refractivity contribution is 7.13. The number of alkyl halides is 4. The summed E-state index contributed by atoms with van der Waals surface area (Å²) >= 11 is 1.45. The number of rotatable bonds is 18. The van der Waals surface area contributed by atoms with Crippen molar-refractivity contribution in [1.29, 1.82) is 0 Å². The van der Waals surface area contributed by atoms with Gasteiger partial charge in [-0.3, -0.25) is 38.5 Å². The molecule has 2 aromatic heterocycles. The smallest absolute Gasteiger partial charge is 0.391 e. The van der Waals surface area contributed by atoms with Crippen molar-refractivity contribution in [3.8, 4) is 21.6 Å². The van der Waals surface area contributed by atoms with E-state index in [1.807, 2.05) is 44.9 Å². The van der Waals surface area contributed by atoms with Crippen molar-refractivity contribution in [3.05, 3.63) is 123 Å². The fraction of sp³-hybridized carbons (Fsp3) is 0.448. The van der Waals surface area contributed by atoms with Crippen LogP contribution in [-0.2, 0) is 25.4 Å². The lowest BCUT2D eigenvalue weighted by atomic mass is 9.85. The first kappa shape index (κ1) is 60.5. The van der Waals surface area contributed by atoms with E-state index in [1.165, 1.54) is 34.4 Å². The molecule has 8 rings (SSSR count). The number of benzene rings is 3. The number of thiazole rings is 1. The van der Waals surface area contributed by atoms with Crippen molar-refractivity contribution >= 4 is 58.2 Å². The summed E-state index contributed by atoms with van der Waals surface area (Å²) in [7, 11) is 1.97. The molecule has 3 aliphatic rings. The minimum absolute atomic E-state index is 0.0325. The number of pyridine rings is 1. The molecule has 82 heavy (non-hydrogen) atoms. The molecule has 3 fully saturated rings. The van der Waals surface area contributed by atoms with E-state index in [-0.39, 0.29) is 86.2 Å². The molecule has 2 aliphatic heterocycles. The standard InChI is InChI=1S/C58H67F5N10O8S/c1-31-27-72(28-32(2)71(31)7)45-16-14-36(22-44(45)69-52(78)40-26-66-47(75)24-41(40)58(61,62)63)39-21-37(13-15-42(39)59)51(77)65-20-8-19-64-48(76)25-43(34-9-11-35(12-10-34)49-33(3)67-30-82-49)68-53(79)46-23-38(74)29-73(46)54(80)50(56(4,5)6)70-55(81)57(60)17-18-57/h9-16,21-22,24,26,30-32,38,43,46,50,74H,8,17-20,23,25,27-29H2,1-7H3,(H,64,76)(H,65,77)(H,66,75)(H,68,79)(H,69,78)(H,70,81)/t31-,32+,38-,43+,46+,50-/m1/s1. The number of likely N-dealkylation sites (N-methyl/N-ethyl adjacent to an activating group) is 1. The molecule has 6 amide bonds. The molecule has 0 unspecified atom stereocenters. The SMILES string of the molecule is Cc1ncsc1-c1ccc([C@H](CC(=O)NCCCNC(=O)c2ccc(F)c(-c3ccc(N4C[C@@H](C)N(C)[C@@H](C)C4)c(NC(=O)c4c[nH]c(=O)cc4C(F)(F)F)c3)c2)NC(=O)[C@@H]2C[C@@H](O)CN2C(=O)[C@@H](NC(=O)C2(F)CC2)C(C)(C)C)cc1. The number of H-pyrrole nitrogens is 1. The monoisotopic (exact) mass is 1160 g/mol. The number of nitrogens with one attached hydrogen (secondary N) is 6. The molecule has 24 heteroatoms. The van der Waals surface area contributed by atoms with E-state index in [2.05, 4.69) is 41.5 Å². The van der Waals surface area contributed by atoms with Gasteiger partial charge >= 0.3 is 6.18 Å². The number of amides is 6. The van der Waals surface area contributed by atoms with Crippen LogP contribution < -0.4 is 37.0 Å². The molecule has 7 N–H and O–H groups in total. The van der Waals surface area contributed by atoms with Crippen LogP contribution in [0.25, 0.3) is 21.6 Å². The second kappa shape index (κ2) is 24.5. The fourth-order valence-electron chi connectivity index (χ4n) is 10.2. The minimum atomic E-state index is -5.04. The van der Waals surface area contributed by atoms with E-state index < -0.39 is 99.4 Å². The average molecular weight is 1160 g/mol. The van der Waals surface area contributed by atoms with Crippen LogP contribution in [0.5, 0.6) is 0 Å². The van der Waals surface area contributed by atoms with E-state index in [4.69, 9.17) is 0 Å². The van der Waals surface area contributed by atoms with Crippen molar-refractivity contribution in [2.24, 2.45) is 5.41 Å². The Morgan fingerprint density at radius 3 is 2.18 bits per heavy atom. The molecule has 2 saturated heterocycles. The third kappa shape index (κ3) is 14.0. The quantitative estimate of drug-likeness (QED) is 0.0352. The van der Waals surface area contributed by atoms with Gasteiger partial charge in [-0.15, -0.1) is 11.3 Å². The van der Waals surface area contributed by atoms with Crippen LogP contribution >= 0.6 is 11.3 Å². The third-order valence-corrected chi connectivity index (χ3v) is 16.3. The van der Waals surface area contributed by atoms with E-state index in [0.717, 1.165) is 22.2 Å². The van der Waals surface area contributed by atoms with Crippen LogP contribution in [0.1, 0.15) is 110 Å². The zero-order valence-electron chi connectivity index (χ0n) is 46.4. The molecule has 6 atom stereocenters. The first-order valence-electron chi connectivity index (χ1n) is 27.0. The molecule has 1 saturated carbocycles. The molecule has 3 aromatic carbocycles. The van der Waals surface area contributed by atoms with Gasteiger partial charge in [0.2, 0.25) is 23.3 Å². The maximum absolute atomic E-state index is 15.8. The van der Waals surface area contributed by atoms with E-state index in [0.29, 0.717) is 36.6 Å². The summed E-state index contributed by atoms with van der Waals surface area (Å²) in [6.45, 7) is 11.8. The van der Waals surface area contributed by atoms with Crippen LogP contribution in [0.3, 0.4) is 0 Å². The summed E-state index contributed by atoms with van der Waals surface area (Å²) in [6, 6.07) is 12.5. The number of halogens is 5. The molecule has 18 nitrogen and oxygen atoms in total. The first-order valence-corrected chi connectivity index (χ1v) is 27.9. The zero-order valence-corrected chi connectivity index (χ0v) is 47.2. The van der Waals surface area contributed by atoms with Gasteiger partial charge in [-0.05, 0) is 99.5 Å². The lowest BCUT2D eigenvalue weighted by Crippen LogP contribution is -2.59. The summed E-state index contributed by atoms with van der Waals surface area (Å²) in [5.74, 6) is -5.22. The molecule has 4 heterocycles. The van der Waals surface area contributed by atoms with Crippen molar-refractivity contribution in [2.45, 2.75) is 122 Å². The van der Waals surface area contributed by atoms with Crippen molar-refractivity contribution in [3.63, 3.8) is 0 Å². The largest absolute Gasteiger partial charge is 0.417 e. The van der Waals surface area contributed by atoms with Crippen LogP contribution in [0, 0.1) is 18.2 Å². The maximum Gasteiger partial charge on any atom is 0.417 e. The Balaban J connectivity index is 0.933. The van der Waals surface area contributed by atoms with Crippen molar-refractivity contribution < 1.29 is 55.8 Å². The van der Waals surface area contributed by atoms with E-state index in [1.54, 1.807) is 50.5 Å². The molecule has 1 aliphatic carbocycles. The molecular formula is C58H67F5N10O8S. The number of β-amino-alcohol motifs (C(OH)–C–C–N with tert-alkyl or cyclic N) is 1. The van der Waals surface area contributed by atoms with Gasteiger partial charge in [0.25, 0.3) is 17.7 Å². The number of hydrogen-bond donors (Lipinski definition) is 7. The Bertz CT molecular complexity index is 3280. The highest BCUT2D eigenvalue weighted by Crippen LogP contribution is 2.41. The minimum Gasteiger partial charge on any atom is -0.391 e. The number of hydrogen-bond acceptors (Lipinski definition) is 12. The van der Waals surface area contributed by atoms with Crippen molar-refractivity contribution in [1.82, 2.24) is 41.0 Å². The molecule has 0 bridgehead atoms. The number of piperazine rings is 1. The Morgan fingerprint density at radius 2 is 1.55 bits per heavy atom. The number of likely N-dealkylation sites (tertiary alicyclic amines) is 1. The summed E-state index contributed by atoms with van der Waals surface area (Å²) in [5.41, 5.74) is -1.64. The second-order valence-electron chi connectivity index (χ2n) is 22.5. The fourth-order valence-corrected chi connectivity index (χ4v) is 11.0. The zero-order chi connectivity index (χ0) is 59.6. The van der Waals surface area contributed by atoms with Crippen LogP contribution in [0.2, 0.25) is 0 Å². The molecule has 0 radical (unpaired) electrons.